The summed E-state index contributed by atoms with van der Waals surface area (Å²) in [6.45, 7) is 4.35. The molecule has 2 fully saturated rings. The molecule has 0 spiro atoms. The van der Waals surface area contributed by atoms with Crippen LogP contribution in [0.25, 0.3) is 0 Å². The average molecular weight is 473 g/mol. The van der Waals surface area contributed by atoms with Crippen LogP contribution in [0.1, 0.15) is 37.4 Å². The van der Waals surface area contributed by atoms with Crippen molar-refractivity contribution in [3.05, 3.63) is 35.9 Å². The fraction of sp³-hybridized carbons (Fsp3) is 0.650. The molecule has 26 heavy (non-hydrogen) atoms. The molecule has 1 saturated heterocycles. The van der Waals surface area contributed by atoms with E-state index in [1.807, 2.05) is 13.1 Å². The van der Waals surface area contributed by atoms with Crippen LogP contribution in [0.3, 0.4) is 0 Å². The molecule has 1 aromatic rings. The minimum absolute atomic E-state index is 0. The Labute approximate surface area is 174 Å². The second-order valence-electron chi connectivity index (χ2n) is 7.00. The van der Waals surface area contributed by atoms with Gasteiger partial charge in [0.05, 0.1) is 6.10 Å². The Morgan fingerprint density at radius 3 is 2.73 bits per heavy atom. The molecule has 1 heterocycles. The third-order valence-corrected chi connectivity index (χ3v) is 4.91. The molecule has 2 unspecified atom stereocenters. The fourth-order valence-electron chi connectivity index (χ4n) is 3.22. The maximum absolute atomic E-state index is 5.95. The van der Waals surface area contributed by atoms with Gasteiger partial charge in [0.25, 0.3) is 0 Å². The molecular weight excluding hydrogens is 441 g/mol. The molecule has 2 aliphatic rings. The van der Waals surface area contributed by atoms with Crippen LogP contribution < -0.4 is 10.6 Å². The Hall–Kier alpha value is -0.860. The summed E-state index contributed by atoms with van der Waals surface area (Å²) in [5.74, 6) is 2.18. The van der Waals surface area contributed by atoms with Crippen molar-refractivity contribution in [2.75, 3.05) is 40.0 Å². The molecule has 146 valence electrons. The second kappa shape index (κ2) is 11.8. The lowest BCUT2D eigenvalue weighted by atomic mass is 9.95. The zero-order valence-corrected chi connectivity index (χ0v) is 18.0. The number of hydrogen-bond donors (Lipinski definition) is 2. The highest BCUT2D eigenvalue weighted by Gasteiger charge is 2.29. The smallest absolute Gasteiger partial charge is 0.190 e. The van der Waals surface area contributed by atoms with Crippen LogP contribution in [-0.4, -0.2) is 45.9 Å². The Kier molecular flexibility index (Phi) is 9.71. The average Bonchev–Trinajstić information content (AvgIpc) is 3.36. The normalized spacial score (nSPS) is 22.7. The first-order valence-corrected chi connectivity index (χ1v) is 9.55. The van der Waals surface area contributed by atoms with E-state index in [2.05, 4.69) is 39.9 Å². The van der Waals surface area contributed by atoms with Gasteiger partial charge in [-0.1, -0.05) is 30.3 Å². The second-order valence-corrected chi connectivity index (χ2v) is 7.00. The van der Waals surface area contributed by atoms with Gasteiger partial charge in [0.2, 0.25) is 0 Å². The Bertz CT molecular complexity index is 537. The van der Waals surface area contributed by atoms with E-state index in [0.29, 0.717) is 5.92 Å². The number of hydrogen-bond acceptors (Lipinski definition) is 3. The summed E-state index contributed by atoms with van der Waals surface area (Å²) < 4.78 is 11.6. The van der Waals surface area contributed by atoms with Crippen molar-refractivity contribution >= 4 is 29.9 Å². The molecule has 2 N–H and O–H groups in total. The van der Waals surface area contributed by atoms with Crippen LogP contribution in [0.4, 0.5) is 0 Å². The number of halogens is 1. The molecule has 1 aromatic carbocycles. The molecular formula is C20H32IN3O2. The number of rotatable bonds is 9. The van der Waals surface area contributed by atoms with Gasteiger partial charge >= 0.3 is 0 Å². The number of aliphatic imine (C=N–C) groups is 1. The Morgan fingerprint density at radius 1 is 1.19 bits per heavy atom. The van der Waals surface area contributed by atoms with Crippen LogP contribution in [0.15, 0.2) is 35.3 Å². The minimum atomic E-state index is 0. The first-order valence-electron chi connectivity index (χ1n) is 9.55. The highest BCUT2D eigenvalue weighted by atomic mass is 127. The highest BCUT2D eigenvalue weighted by Crippen LogP contribution is 2.33. The molecule has 0 bridgehead atoms. The number of ether oxygens (including phenoxy) is 2. The zero-order chi connectivity index (χ0) is 17.3. The fourth-order valence-corrected chi connectivity index (χ4v) is 3.22. The van der Waals surface area contributed by atoms with E-state index in [9.17, 15) is 0 Å². The van der Waals surface area contributed by atoms with Gasteiger partial charge in [0.1, 0.15) is 0 Å². The highest BCUT2D eigenvalue weighted by molar-refractivity contribution is 14.0. The molecule has 5 nitrogen and oxygen atoms in total. The van der Waals surface area contributed by atoms with Crippen LogP contribution in [0, 0.1) is 11.8 Å². The maximum Gasteiger partial charge on any atom is 0.190 e. The summed E-state index contributed by atoms with van der Waals surface area (Å²) in [4.78, 5) is 4.32. The van der Waals surface area contributed by atoms with Gasteiger partial charge in [0.15, 0.2) is 5.96 Å². The van der Waals surface area contributed by atoms with Gasteiger partial charge in [-0.05, 0) is 37.2 Å². The van der Waals surface area contributed by atoms with Crippen molar-refractivity contribution in [3.63, 3.8) is 0 Å². The molecule has 0 aromatic heterocycles. The van der Waals surface area contributed by atoms with Gasteiger partial charge < -0.3 is 20.1 Å². The lowest BCUT2D eigenvalue weighted by Gasteiger charge is -2.20. The molecule has 2 atom stereocenters. The molecule has 1 saturated carbocycles. The molecule has 0 radical (unpaired) electrons. The topological polar surface area (TPSA) is 54.9 Å². The number of benzene rings is 1. The molecule has 1 aliphatic carbocycles. The third-order valence-electron chi connectivity index (χ3n) is 4.91. The molecule has 0 amide bonds. The SMILES string of the molecule is CN=C(NCCCOCC1CC1)NCC1CCOC1c1ccccc1.I. The van der Waals surface area contributed by atoms with Crippen LogP contribution in [-0.2, 0) is 9.47 Å². The van der Waals surface area contributed by atoms with E-state index in [1.165, 1.54) is 18.4 Å². The number of guanidine groups is 1. The van der Waals surface area contributed by atoms with Crippen molar-refractivity contribution < 1.29 is 9.47 Å². The summed E-state index contributed by atoms with van der Waals surface area (Å²) in [5.41, 5.74) is 1.27. The summed E-state index contributed by atoms with van der Waals surface area (Å²) in [7, 11) is 1.82. The number of nitrogens with zero attached hydrogens (tertiary/aromatic N) is 1. The predicted octanol–water partition coefficient (Wildman–Crippen LogP) is 3.36. The van der Waals surface area contributed by atoms with Crippen LogP contribution >= 0.6 is 24.0 Å². The predicted molar refractivity (Wildman–Crippen MR) is 116 cm³/mol. The summed E-state index contributed by atoms with van der Waals surface area (Å²) in [5, 5.41) is 6.82. The van der Waals surface area contributed by atoms with Gasteiger partial charge in [-0.3, -0.25) is 4.99 Å². The maximum atomic E-state index is 5.95. The van der Waals surface area contributed by atoms with Crippen molar-refractivity contribution in [1.82, 2.24) is 10.6 Å². The van der Waals surface area contributed by atoms with Crippen molar-refractivity contribution in [3.8, 4) is 0 Å². The molecule has 1 aliphatic heterocycles. The lowest BCUT2D eigenvalue weighted by Crippen LogP contribution is -2.40. The van der Waals surface area contributed by atoms with Gasteiger partial charge in [-0.2, -0.15) is 0 Å². The quantitative estimate of drug-likeness (QED) is 0.250. The van der Waals surface area contributed by atoms with Gasteiger partial charge in [-0.25, -0.2) is 0 Å². The van der Waals surface area contributed by atoms with E-state index >= 15 is 0 Å². The van der Waals surface area contributed by atoms with E-state index < -0.39 is 0 Å². The molecule has 3 rings (SSSR count). The minimum Gasteiger partial charge on any atom is -0.381 e. The van der Waals surface area contributed by atoms with E-state index in [0.717, 1.165) is 57.6 Å². The number of nitrogens with one attached hydrogen (secondary N) is 2. The van der Waals surface area contributed by atoms with Gasteiger partial charge in [0, 0.05) is 45.9 Å². The largest absolute Gasteiger partial charge is 0.381 e. The van der Waals surface area contributed by atoms with Gasteiger partial charge in [-0.15, -0.1) is 24.0 Å². The first kappa shape index (κ1) is 21.4. The van der Waals surface area contributed by atoms with Crippen LogP contribution in [0.2, 0.25) is 0 Å². The van der Waals surface area contributed by atoms with E-state index in [1.54, 1.807) is 0 Å². The van der Waals surface area contributed by atoms with E-state index in [-0.39, 0.29) is 30.1 Å². The standard InChI is InChI=1S/C20H31N3O2.HI/c1-21-20(22-11-5-12-24-15-16-8-9-16)23-14-18-10-13-25-19(18)17-6-3-2-4-7-17;/h2-4,6-7,16,18-19H,5,8-15H2,1H3,(H2,21,22,23);1H. The lowest BCUT2D eigenvalue weighted by molar-refractivity contribution is 0.0915. The zero-order valence-electron chi connectivity index (χ0n) is 15.7. The third kappa shape index (κ3) is 7.04. The summed E-state index contributed by atoms with van der Waals surface area (Å²) in [6, 6.07) is 10.5. The van der Waals surface area contributed by atoms with E-state index in [4.69, 9.17) is 9.47 Å². The summed E-state index contributed by atoms with van der Waals surface area (Å²) >= 11 is 0. The van der Waals surface area contributed by atoms with Crippen molar-refractivity contribution in [2.24, 2.45) is 16.8 Å². The Morgan fingerprint density at radius 2 is 2.00 bits per heavy atom. The monoisotopic (exact) mass is 473 g/mol. The van der Waals surface area contributed by atoms with Crippen molar-refractivity contribution in [2.45, 2.75) is 31.8 Å². The first-order chi connectivity index (χ1) is 12.4. The molecule has 6 heteroatoms. The summed E-state index contributed by atoms with van der Waals surface area (Å²) in [6.07, 6.45) is 4.97. The Balaban J connectivity index is 0.00000243. The van der Waals surface area contributed by atoms with Crippen molar-refractivity contribution in [1.29, 1.82) is 0 Å². The van der Waals surface area contributed by atoms with Crippen LogP contribution in [0.5, 0.6) is 0 Å².